The molecule has 0 saturated carbocycles. The lowest BCUT2D eigenvalue weighted by atomic mass is 10.1. The number of phenolic OH excluding ortho intramolecular Hbond substituents is 1. The number of aromatic hydroxyl groups is 1. The van der Waals surface area contributed by atoms with Crippen LogP contribution in [0.15, 0.2) is 18.2 Å². The lowest BCUT2D eigenvalue weighted by molar-refractivity contribution is -0.131. The fraction of sp³-hybridized carbons (Fsp3) is 0.556. The maximum Gasteiger partial charge on any atom is 0.254 e. The van der Waals surface area contributed by atoms with Crippen LogP contribution < -0.4 is 0 Å². The maximum atomic E-state index is 12.6. The van der Waals surface area contributed by atoms with E-state index in [0.717, 1.165) is 0 Å². The maximum absolute atomic E-state index is 12.6. The summed E-state index contributed by atoms with van der Waals surface area (Å²) in [6.45, 7) is 10.0. The number of rotatable bonds is 4. The van der Waals surface area contributed by atoms with Crippen molar-refractivity contribution in [2.24, 2.45) is 0 Å². The first kappa shape index (κ1) is 18.6. The van der Waals surface area contributed by atoms with E-state index in [4.69, 9.17) is 0 Å². The summed E-state index contributed by atoms with van der Waals surface area (Å²) in [5.74, 6) is 0.198. The molecule has 24 heavy (non-hydrogen) atoms. The van der Waals surface area contributed by atoms with Gasteiger partial charge in [-0.05, 0) is 31.2 Å². The monoisotopic (exact) mass is 350 g/mol. The molecular weight excluding hydrogens is 324 g/mol. The lowest BCUT2D eigenvalue weighted by Crippen LogP contribution is -2.52. The van der Waals surface area contributed by atoms with Gasteiger partial charge in [-0.1, -0.05) is 19.9 Å². The average Bonchev–Trinajstić information content (AvgIpc) is 2.55. The van der Waals surface area contributed by atoms with E-state index in [1.165, 1.54) is 0 Å². The van der Waals surface area contributed by atoms with Crippen molar-refractivity contribution in [1.82, 2.24) is 9.80 Å². The van der Waals surface area contributed by atoms with Gasteiger partial charge in [0, 0.05) is 37.3 Å². The van der Waals surface area contributed by atoms with Gasteiger partial charge in [0.1, 0.15) is 5.75 Å². The van der Waals surface area contributed by atoms with Crippen molar-refractivity contribution in [2.75, 3.05) is 26.2 Å². The molecule has 1 unspecified atom stereocenters. The second kappa shape index (κ2) is 7.92. The van der Waals surface area contributed by atoms with Crippen LogP contribution in [0.25, 0.3) is 0 Å². The molecule has 1 N–H and O–H groups in total. The minimum Gasteiger partial charge on any atom is -0.508 e. The van der Waals surface area contributed by atoms with E-state index in [1.54, 1.807) is 41.8 Å². The van der Waals surface area contributed by atoms with E-state index in [9.17, 15) is 14.7 Å². The van der Waals surface area contributed by atoms with E-state index in [0.29, 0.717) is 42.6 Å². The molecule has 1 saturated heterocycles. The quantitative estimate of drug-likeness (QED) is 0.906. The standard InChI is InChI=1S/C18H26N2O3S/c1-12(2)24-14(4)17(22)19-8-10-20(11-9-19)18(23)15-6-5-7-16(21)13(15)3/h5-7,12,14,21H,8-11H2,1-4H3. The largest absolute Gasteiger partial charge is 0.508 e. The third-order valence-corrected chi connectivity index (χ3v) is 5.39. The molecule has 2 amide bonds. The average molecular weight is 350 g/mol. The first-order chi connectivity index (χ1) is 11.3. The van der Waals surface area contributed by atoms with Crippen LogP contribution in [-0.4, -0.2) is 63.4 Å². The molecule has 0 bridgehead atoms. The van der Waals surface area contributed by atoms with Crippen molar-refractivity contribution in [3.8, 4) is 5.75 Å². The van der Waals surface area contributed by atoms with Gasteiger partial charge in [0.25, 0.3) is 5.91 Å². The number of nitrogens with zero attached hydrogens (tertiary/aromatic N) is 2. The molecule has 1 aromatic rings. The molecule has 0 radical (unpaired) electrons. The zero-order valence-corrected chi connectivity index (χ0v) is 15.6. The molecule has 1 aliphatic rings. The molecule has 1 aromatic carbocycles. The van der Waals surface area contributed by atoms with Gasteiger partial charge in [-0.25, -0.2) is 0 Å². The Balaban J connectivity index is 1.96. The number of hydrogen-bond donors (Lipinski definition) is 1. The van der Waals surface area contributed by atoms with E-state index in [-0.39, 0.29) is 22.8 Å². The van der Waals surface area contributed by atoms with Crippen LogP contribution in [0.2, 0.25) is 0 Å². The van der Waals surface area contributed by atoms with Gasteiger partial charge < -0.3 is 14.9 Å². The Bertz CT molecular complexity index is 610. The second-order valence-electron chi connectivity index (χ2n) is 6.39. The number of hydrogen-bond acceptors (Lipinski definition) is 4. The summed E-state index contributed by atoms with van der Waals surface area (Å²) in [7, 11) is 0. The Morgan fingerprint density at radius 3 is 2.25 bits per heavy atom. The minimum absolute atomic E-state index is 0.0550. The summed E-state index contributed by atoms with van der Waals surface area (Å²) in [4.78, 5) is 28.7. The van der Waals surface area contributed by atoms with Crippen molar-refractivity contribution in [3.63, 3.8) is 0 Å². The van der Waals surface area contributed by atoms with Gasteiger partial charge in [0.15, 0.2) is 0 Å². The Morgan fingerprint density at radius 1 is 1.08 bits per heavy atom. The first-order valence-corrected chi connectivity index (χ1v) is 9.27. The highest BCUT2D eigenvalue weighted by Crippen LogP contribution is 2.22. The second-order valence-corrected chi connectivity index (χ2v) is 8.32. The number of benzene rings is 1. The van der Waals surface area contributed by atoms with Gasteiger partial charge in [0.05, 0.1) is 5.25 Å². The molecule has 1 fully saturated rings. The Kier molecular flexibility index (Phi) is 6.15. The van der Waals surface area contributed by atoms with Gasteiger partial charge in [-0.2, -0.15) is 0 Å². The number of amides is 2. The highest BCUT2D eigenvalue weighted by atomic mass is 32.2. The van der Waals surface area contributed by atoms with E-state index in [2.05, 4.69) is 13.8 Å². The smallest absolute Gasteiger partial charge is 0.254 e. The van der Waals surface area contributed by atoms with Crippen LogP contribution in [0.5, 0.6) is 5.75 Å². The summed E-state index contributed by atoms with van der Waals surface area (Å²) >= 11 is 1.66. The van der Waals surface area contributed by atoms with Crippen molar-refractivity contribution in [3.05, 3.63) is 29.3 Å². The number of phenols is 1. The van der Waals surface area contributed by atoms with Crippen molar-refractivity contribution in [1.29, 1.82) is 0 Å². The van der Waals surface area contributed by atoms with Crippen LogP contribution in [0.1, 0.15) is 36.7 Å². The first-order valence-electron chi connectivity index (χ1n) is 8.33. The van der Waals surface area contributed by atoms with E-state index in [1.807, 2.05) is 11.8 Å². The third-order valence-electron chi connectivity index (χ3n) is 4.24. The summed E-state index contributed by atoms with van der Waals surface area (Å²) in [6, 6.07) is 4.99. The van der Waals surface area contributed by atoms with Gasteiger partial charge in [-0.3, -0.25) is 9.59 Å². The molecular formula is C18H26N2O3S. The van der Waals surface area contributed by atoms with Crippen LogP contribution in [-0.2, 0) is 4.79 Å². The number of carbonyl (C=O) groups excluding carboxylic acids is 2. The summed E-state index contributed by atoms with van der Waals surface area (Å²) in [5, 5.41) is 10.1. The van der Waals surface area contributed by atoms with Crippen molar-refractivity contribution < 1.29 is 14.7 Å². The molecule has 1 aliphatic heterocycles. The summed E-state index contributed by atoms with van der Waals surface area (Å²) in [5.41, 5.74) is 1.13. The van der Waals surface area contributed by atoms with Crippen LogP contribution in [0.4, 0.5) is 0 Å². The van der Waals surface area contributed by atoms with Crippen LogP contribution >= 0.6 is 11.8 Å². The zero-order chi connectivity index (χ0) is 17.9. The van der Waals surface area contributed by atoms with Crippen molar-refractivity contribution >= 4 is 23.6 Å². The molecule has 5 nitrogen and oxygen atoms in total. The number of thioether (sulfide) groups is 1. The number of carbonyl (C=O) groups is 2. The van der Waals surface area contributed by atoms with Gasteiger partial charge in [-0.15, -0.1) is 11.8 Å². The van der Waals surface area contributed by atoms with E-state index < -0.39 is 0 Å². The zero-order valence-electron chi connectivity index (χ0n) is 14.8. The number of piperazine rings is 1. The predicted octanol–water partition coefficient (Wildman–Crippen LogP) is 2.52. The fourth-order valence-electron chi connectivity index (χ4n) is 2.88. The van der Waals surface area contributed by atoms with Gasteiger partial charge in [0.2, 0.25) is 5.91 Å². The Labute approximate surface area is 148 Å². The molecule has 132 valence electrons. The third kappa shape index (κ3) is 4.23. The van der Waals surface area contributed by atoms with Crippen LogP contribution in [0, 0.1) is 6.92 Å². The predicted molar refractivity (Wildman–Crippen MR) is 97.5 cm³/mol. The van der Waals surface area contributed by atoms with Gasteiger partial charge >= 0.3 is 0 Å². The minimum atomic E-state index is -0.0832. The fourth-order valence-corrected chi connectivity index (χ4v) is 3.96. The molecule has 1 atom stereocenters. The van der Waals surface area contributed by atoms with E-state index >= 15 is 0 Å². The summed E-state index contributed by atoms with van der Waals surface area (Å²) < 4.78 is 0. The normalized spacial score (nSPS) is 16.4. The topological polar surface area (TPSA) is 60.9 Å². The molecule has 0 aromatic heterocycles. The molecule has 6 heteroatoms. The SMILES string of the molecule is Cc1c(O)cccc1C(=O)N1CCN(C(=O)C(C)SC(C)C)CC1. The molecule has 1 heterocycles. The summed E-state index contributed by atoms with van der Waals surface area (Å²) in [6.07, 6.45) is 0. The molecule has 0 spiro atoms. The Hall–Kier alpha value is -1.69. The highest BCUT2D eigenvalue weighted by molar-refractivity contribution is 8.01. The lowest BCUT2D eigenvalue weighted by Gasteiger charge is -2.36. The van der Waals surface area contributed by atoms with Crippen LogP contribution in [0.3, 0.4) is 0 Å². The molecule has 0 aliphatic carbocycles. The Morgan fingerprint density at radius 2 is 1.67 bits per heavy atom. The van der Waals surface area contributed by atoms with Crippen molar-refractivity contribution in [2.45, 2.75) is 38.2 Å². The molecule has 2 rings (SSSR count). The highest BCUT2D eigenvalue weighted by Gasteiger charge is 2.28.